The van der Waals surface area contributed by atoms with Gasteiger partial charge in [0.1, 0.15) is 4.21 Å². The van der Waals surface area contributed by atoms with Crippen LogP contribution < -0.4 is 4.72 Å². The average molecular weight is 403 g/mol. The molecule has 114 valence electrons. The van der Waals surface area contributed by atoms with Crippen LogP contribution in [0, 0.1) is 5.41 Å². The standard InChI is InChI=1S/C12H17BrClNO3S2/c13-11-9(14)6-10(19-11)20(17,18)15-7-12(8-16)4-2-1-3-5-12/h6,15-16H,1-5,7-8H2. The fourth-order valence-electron chi connectivity index (χ4n) is 2.47. The first kappa shape index (κ1) is 16.7. The molecule has 4 nitrogen and oxygen atoms in total. The van der Waals surface area contributed by atoms with Crippen LogP contribution in [-0.2, 0) is 10.0 Å². The smallest absolute Gasteiger partial charge is 0.250 e. The molecule has 0 bridgehead atoms. The van der Waals surface area contributed by atoms with Gasteiger partial charge in [0, 0.05) is 18.6 Å². The third-order valence-electron chi connectivity index (χ3n) is 3.77. The van der Waals surface area contributed by atoms with Gasteiger partial charge in [-0.2, -0.15) is 0 Å². The molecule has 1 fully saturated rings. The van der Waals surface area contributed by atoms with E-state index in [1.54, 1.807) is 0 Å². The first-order valence-electron chi connectivity index (χ1n) is 6.44. The first-order chi connectivity index (χ1) is 9.38. The molecule has 8 heteroatoms. The predicted octanol–water partition coefficient (Wildman–Crippen LogP) is 3.39. The van der Waals surface area contributed by atoms with Crippen LogP contribution in [0.25, 0.3) is 0 Å². The molecule has 1 saturated carbocycles. The van der Waals surface area contributed by atoms with Gasteiger partial charge in [0.15, 0.2) is 0 Å². The van der Waals surface area contributed by atoms with Crippen molar-refractivity contribution in [3.63, 3.8) is 0 Å². The minimum atomic E-state index is -3.57. The maximum absolute atomic E-state index is 12.2. The Labute approximate surface area is 136 Å². The number of thiophene rings is 1. The number of nitrogens with one attached hydrogen (secondary N) is 1. The molecule has 2 N–H and O–H groups in total. The molecule has 0 aromatic carbocycles. The first-order valence-corrected chi connectivity index (χ1v) is 9.91. The lowest BCUT2D eigenvalue weighted by Gasteiger charge is -2.35. The number of sulfonamides is 1. The largest absolute Gasteiger partial charge is 0.396 e. The van der Waals surface area contributed by atoms with Crippen molar-refractivity contribution in [3.05, 3.63) is 14.9 Å². The average Bonchev–Trinajstić information content (AvgIpc) is 2.79. The van der Waals surface area contributed by atoms with Crippen molar-refractivity contribution >= 4 is 48.9 Å². The summed E-state index contributed by atoms with van der Waals surface area (Å²) in [6, 6.07) is 1.44. The number of hydrogen-bond acceptors (Lipinski definition) is 4. The van der Waals surface area contributed by atoms with Crippen molar-refractivity contribution in [2.45, 2.75) is 36.3 Å². The molecule has 0 radical (unpaired) electrons. The molecule has 1 aliphatic rings. The van der Waals surface area contributed by atoms with Crippen LogP contribution in [0.1, 0.15) is 32.1 Å². The van der Waals surface area contributed by atoms with Crippen LogP contribution in [0.4, 0.5) is 0 Å². The van der Waals surface area contributed by atoms with Crippen molar-refractivity contribution in [3.8, 4) is 0 Å². The number of rotatable bonds is 5. The quantitative estimate of drug-likeness (QED) is 0.793. The van der Waals surface area contributed by atoms with Crippen molar-refractivity contribution in [1.29, 1.82) is 0 Å². The van der Waals surface area contributed by atoms with E-state index >= 15 is 0 Å². The second kappa shape index (κ2) is 6.62. The summed E-state index contributed by atoms with van der Waals surface area (Å²) >= 11 is 10.2. The van der Waals surface area contributed by atoms with Gasteiger partial charge in [-0.1, -0.05) is 30.9 Å². The van der Waals surface area contributed by atoms with E-state index in [0.29, 0.717) is 8.81 Å². The fraction of sp³-hybridized carbons (Fsp3) is 0.667. The minimum absolute atomic E-state index is 0.0183. The highest BCUT2D eigenvalue weighted by Gasteiger charge is 2.33. The zero-order valence-electron chi connectivity index (χ0n) is 10.9. The summed E-state index contributed by atoms with van der Waals surface area (Å²) in [5.74, 6) is 0. The van der Waals surface area contributed by atoms with Gasteiger partial charge in [-0.05, 0) is 34.8 Å². The highest BCUT2D eigenvalue weighted by atomic mass is 79.9. The summed E-state index contributed by atoms with van der Waals surface area (Å²) < 4.78 is 27.9. The van der Waals surface area contributed by atoms with E-state index in [1.807, 2.05) is 0 Å². The molecule has 0 atom stereocenters. The molecule has 1 aromatic heterocycles. The van der Waals surface area contributed by atoms with E-state index in [0.717, 1.165) is 43.4 Å². The van der Waals surface area contributed by atoms with Crippen molar-refractivity contribution < 1.29 is 13.5 Å². The Balaban J connectivity index is 2.08. The zero-order chi connectivity index (χ0) is 14.8. The van der Waals surface area contributed by atoms with Crippen molar-refractivity contribution in [2.75, 3.05) is 13.2 Å². The van der Waals surface area contributed by atoms with E-state index in [2.05, 4.69) is 20.7 Å². The van der Waals surface area contributed by atoms with E-state index in [4.69, 9.17) is 11.6 Å². The van der Waals surface area contributed by atoms with Gasteiger partial charge in [-0.3, -0.25) is 0 Å². The SMILES string of the molecule is O=S(=O)(NCC1(CO)CCCCC1)c1cc(Cl)c(Br)s1. The van der Waals surface area contributed by atoms with E-state index < -0.39 is 10.0 Å². The van der Waals surface area contributed by atoms with Crippen LogP contribution in [0.2, 0.25) is 5.02 Å². The van der Waals surface area contributed by atoms with E-state index in [9.17, 15) is 13.5 Å². The van der Waals surface area contributed by atoms with Gasteiger partial charge in [0.25, 0.3) is 0 Å². The number of hydrogen-bond donors (Lipinski definition) is 2. The van der Waals surface area contributed by atoms with E-state index in [1.165, 1.54) is 6.07 Å². The fourth-order valence-corrected chi connectivity index (χ4v) is 6.07. The van der Waals surface area contributed by atoms with Crippen LogP contribution in [0.3, 0.4) is 0 Å². The highest BCUT2D eigenvalue weighted by molar-refractivity contribution is 9.11. The number of aliphatic hydroxyl groups is 1. The molecule has 0 unspecified atom stereocenters. The summed E-state index contributed by atoms with van der Waals surface area (Å²) in [5, 5.41) is 9.99. The Morgan fingerprint density at radius 1 is 1.40 bits per heavy atom. The van der Waals surface area contributed by atoms with Crippen LogP contribution >= 0.6 is 38.9 Å². The lowest BCUT2D eigenvalue weighted by atomic mass is 9.75. The highest BCUT2D eigenvalue weighted by Crippen LogP contribution is 2.37. The van der Waals surface area contributed by atoms with Gasteiger partial charge >= 0.3 is 0 Å². The Bertz CT molecular complexity index is 548. The normalized spacial score (nSPS) is 19.1. The monoisotopic (exact) mass is 401 g/mol. The predicted molar refractivity (Wildman–Crippen MR) is 84.8 cm³/mol. The molecule has 2 rings (SSSR count). The maximum atomic E-state index is 12.2. The number of halogens is 2. The van der Waals surface area contributed by atoms with Crippen molar-refractivity contribution in [1.82, 2.24) is 4.72 Å². The molecule has 0 aliphatic heterocycles. The molecule has 0 spiro atoms. The summed E-state index contributed by atoms with van der Waals surface area (Å²) in [6.07, 6.45) is 4.96. The Morgan fingerprint density at radius 2 is 2.05 bits per heavy atom. The maximum Gasteiger partial charge on any atom is 0.250 e. The van der Waals surface area contributed by atoms with Gasteiger partial charge in [0.2, 0.25) is 10.0 Å². The Kier molecular flexibility index (Phi) is 5.53. The molecule has 1 aliphatic carbocycles. The molecular formula is C12H17BrClNO3S2. The molecule has 0 saturated heterocycles. The minimum Gasteiger partial charge on any atom is -0.396 e. The molecule has 1 aromatic rings. The van der Waals surface area contributed by atoms with Crippen LogP contribution in [0.15, 0.2) is 14.1 Å². The van der Waals surface area contributed by atoms with Crippen LogP contribution in [-0.4, -0.2) is 26.7 Å². The molecule has 20 heavy (non-hydrogen) atoms. The second-order valence-electron chi connectivity index (χ2n) is 5.23. The number of aliphatic hydroxyl groups excluding tert-OH is 1. The summed E-state index contributed by atoms with van der Waals surface area (Å²) in [6.45, 7) is 0.295. The topological polar surface area (TPSA) is 66.4 Å². The molecule has 1 heterocycles. The lowest BCUT2D eigenvalue weighted by molar-refractivity contribution is 0.0867. The summed E-state index contributed by atoms with van der Waals surface area (Å²) in [4.78, 5) is 0. The zero-order valence-corrected chi connectivity index (χ0v) is 14.8. The molecule has 0 amide bonds. The Morgan fingerprint density at radius 3 is 2.55 bits per heavy atom. The van der Waals surface area contributed by atoms with Crippen molar-refractivity contribution in [2.24, 2.45) is 5.41 Å². The second-order valence-corrected chi connectivity index (χ2v) is 10.0. The summed E-state index contributed by atoms with van der Waals surface area (Å²) in [7, 11) is -3.57. The lowest BCUT2D eigenvalue weighted by Crippen LogP contribution is -2.41. The van der Waals surface area contributed by atoms with E-state index in [-0.39, 0.29) is 22.8 Å². The summed E-state index contributed by atoms with van der Waals surface area (Å²) in [5.41, 5.74) is -0.316. The van der Waals surface area contributed by atoms with Gasteiger partial charge in [-0.15, -0.1) is 11.3 Å². The third kappa shape index (κ3) is 3.75. The third-order valence-corrected chi connectivity index (χ3v) is 8.12. The van der Waals surface area contributed by atoms with Gasteiger partial charge in [-0.25, -0.2) is 13.1 Å². The Hall–Kier alpha value is 0.340. The molecular weight excluding hydrogens is 386 g/mol. The van der Waals surface area contributed by atoms with Crippen LogP contribution in [0.5, 0.6) is 0 Å². The van der Waals surface area contributed by atoms with Gasteiger partial charge < -0.3 is 5.11 Å². The van der Waals surface area contributed by atoms with Gasteiger partial charge in [0.05, 0.1) is 8.81 Å².